The summed E-state index contributed by atoms with van der Waals surface area (Å²) >= 11 is 0. The molecule has 10 unspecified atom stereocenters. The third kappa shape index (κ3) is 6.14. The van der Waals surface area contributed by atoms with Gasteiger partial charge in [0, 0.05) is 29.8 Å². The summed E-state index contributed by atoms with van der Waals surface area (Å²) in [6, 6.07) is 10.9. The number of benzene rings is 2. The van der Waals surface area contributed by atoms with Crippen molar-refractivity contribution in [3.8, 4) is 34.8 Å². The van der Waals surface area contributed by atoms with E-state index in [1.54, 1.807) is 12.1 Å². The smallest absolute Gasteiger partial charge is 0.147 e. The summed E-state index contributed by atoms with van der Waals surface area (Å²) in [5.74, 6) is 11.4. The average molecular weight is 627 g/mol. The fraction of sp³-hybridized carbons (Fsp3) is 0.515. The van der Waals surface area contributed by atoms with E-state index in [0.29, 0.717) is 11.1 Å². The standard InChI is InChI=1S/C33H38O12/c34-11-9-33(10-12-35)21-13-17(3-7-23-27(38)31(42)29(40)25(15-36)44-23)1-5-19(21)20-6-2-18(14-22(20)33)4-8-24-28(39)32(43)30(41)26(16-37)45-24/h1-2,5-6,13-14,23-32,34-43H,9-12,15-16H2. The first-order valence-electron chi connectivity index (χ1n) is 14.8. The molecule has 0 spiro atoms. The van der Waals surface area contributed by atoms with Crippen molar-refractivity contribution in [2.75, 3.05) is 26.4 Å². The van der Waals surface area contributed by atoms with Crippen LogP contribution in [0.3, 0.4) is 0 Å². The Morgan fingerprint density at radius 2 is 0.956 bits per heavy atom. The average Bonchev–Trinajstić information content (AvgIpc) is 3.30. The topological polar surface area (TPSA) is 221 Å². The van der Waals surface area contributed by atoms with Gasteiger partial charge in [0.05, 0.1) is 13.2 Å². The molecule has 2 fully saturated rings. The summed E-state index contributed by atoms with van der Waals surface area (Å²) in [4.78, 5) is 0. The number of hydrogen-bond donors (Lipinski definition) is 10. The molecule has 0 bridgehead atoms. The Morgan fingerprint density at radius 1 is 0.556 bits per heavy atom. The maximum absolute atomic E-state index is 10.4. The van der Waals surface area contributed by atoms with Gasteiger partial charge in [-0.2, -0.15) is 0 Å². The van der Waals surface area contributed by atoms with Crippen molar-refractivity contribution in [3.05, 3.63) is 58.7 Å². The zero-order chi connectivity index (χ0) is 32.5. The molecule has 0 saturated carbocycles. The van der Waals surface area contributed by atoms with Gasteiger partial charge in [0.15, 0.2) is 0 Å². The number of aliphatic hydroxyl groups excluding tert-OH is 10. The fourth-order valence-electron chi connectivity index (χ4n) is 6.45. The van der Waals surface area contributed by atoms with Gasteiger partial charge in [0.25, 0.3) is 0 Å². The molecule has 1 aliphatic carbocycles. The number of rotatable bonds is 6. The molecule has 10 atom stereocenters. The number of hydrogen-bond acceptors (Lipinski definition) is 12. The summed E-state index contributed by atoms with van der Waals surface area (Å²) in [5.41, 5.74) is 3.57. The van der Waals surface area contributed by atoms with Gasteiger partial charge in [-0.25, -0.2) is 0 Å². The molecule has 2 aliphatic heterocycles. The minimum Gasteiger partial charge on any atom is -0.396 e. The fourth-order valence-corrected chi connectivity index (χ4v) is 6.45. The Balaban J connectivity index is 1.49. The lowest BCUT2D eigenvalue weighted by molar-refractivity contribution is -0.214. The first kappa shape index (κ1) is 33.4. The number of aliphatic hydroxyl groups is 10. The minimum atomic E-state index is -1.55. The van der Waals surface area contributed by atoms with Crippen molar-refractivity contribution >= 4 is 0 Å². The predicted molar refractivity (Wildman–Crippen MR) is 157 cm³/mol. The Morgan fingerprint density at radius 3 is 1.31 bits per heavy atom. The molecule has 242 valence electrons. The Bertz CT molecular complexity index is 1370. The second-order valence-electron chi connectivity index (χ2n) is 11.6. The van der Waals surface area contributed by atoms with Gasteiger partial charge in [-0.1, -0.05) is 35.8 Å². The van der Waals surface area contributed by atoms with Crippen LogP contribution in [-0.4, -0.2) is 139 Å². The van der Waals surface area contributed by atoms with Crippen LogP contribution in [0.1, 0.15) is 35.1 Å². The first-order chi connectivity index (χ1) is 21.6. The second kappa shape index (κ2) is 13.8. The van der Waals surface area contributed by atoms with Crippen LogP contribution in [0.4, 0.5) is 0 Å². The van der Waals surface area contributed by atoms with E-state index in [1.165, 1.54) is 0 Å². The molecule has 0 amide bonds. The van der Waals surface area contributed by atoms with Crippen molar-refractivity contribution in [2.24, 2.45) is 0 Å². The summed E-state index contributed by atoms with van der Waals surface area (Å²) in [6.07, 6.45) is -13.1. The van der Waals surface area contributed by atoms with Crippen LogP contribution in [0, 0.1) is 23.7 Å². The minimum absolute atomic E-state index is 0.194. The largest absolute Gasteiger partial charge is 0.396 e. The molecule has 0 radical (unpaired) electrons. The van der Waals surface area contributed by atoms with E-state index in [9.17, 15) is 51.1 Å². The van der Waals surface area contributed by atoms with Crippen LogP contribution in [0.2, 0.25) is 0 Å². The van der Waals surface area contributed by atoms with Crippen LogP contribution >= 0.6 is 0 Å². The Kier molecular flexibility index (Phi) is 10.3. The molecular weight excluding hydrogens is 588 g/mol. The molecule has 12 nitrogen and oxygen atoms in total. The van der Waals surface area contributed by atoms with Crippen molar-refractivity contribution in [2.45, 2.75) is 79.3 Å². The predicted octanol–water partition coefficient (Wildman–Crippen LogP) is -2.89. The van der Waals surface area contributed by atoms with Crippen LogP contribution in [0.5, 0.6) is 0 Å². The molecule has 2 aromatic carbocycles. The van der Waals surface area contributed by atoms with E-state index in [0.717, 1.165) is 22.3 Å². The SMILES string of the molecule is OCCC1(CCO)c2cc(C#CC3OC(CO)C(O)C(O)C3O)ccc2-c2ccc(C#CC3OC(CO)C(O)C(O)C3O)cc21. The zero-order valence-electron chi connectivity index (χ0n) is 24.3. The highest BCUT2D eigenvalue weighted by atomic mass is 16.5. The maximum atomic E-state index is 10.4. The summed E-state index contributed by atoms with van der Waals surface area (Å²) in [7, 11) is 0. The molecule has 3 aliphatic rings. The molecular formula is C33H38O12. The van der Waals surface area contributed by atoms with Crippen molar-refractivity contribution in [1.29, 1.82) is 0 Å². The van der Waals surface area contributed by atoms with E-state index >= 15 is 0 Å². The summed E-state index contributed by atoms with van der Waals surface area (Å²) in [6.45, 7) is -1.53. The number of ether oxygens (including phenoxy) is 2. The highest BCUT2D eigenvalue weighted by Gasteiger charge is 2.45. The second-order valence-corrected chi connectivity index (χ2v) is 11.6. The van der Waals surface area contributed by atoms with E-state index in [1.807, 2.05) is 24.3 Å². The van der Waals surface area contributed by atoms with Crippen molar-refractivity contribution in [3.63, 3.8) is 0 Å². The lowest BCUT2D eigenvalue weighted by Crippen LogP contribution is -2.58. The van der Waals surface area contributed by atoms with Gasteiger partial charge in [0.2, 0.25) is 0 Å². The van der Waals surface area contributed by atoms with Gasteiger partial charge in [-0.15, -0.1) is 0 Å². The zero-order valence-corrected chi connectivity index (χ0v) is 24.3. The van der Waals surface area contributed by atoms with E-state index in [-0.39, 0.29) is 26.1 Å². The quantitative estimate of drug-likeness (QED) is 0.146. The van der Waals surface area contributed by atoms with E-state index in [4.69, 9.17) is 9.47 Å². The molecule has 2 saturated heterocycles. The lowest BCUT2D eigenvalue weighted by atomic mass is 9.72. The van der Waals surface area contributed by atoms with Crippen LogP contribution in [0.25, 0.3) is 11.1 Å². The van der Waals surface area contributed by atoms with Crippen LogP contribution < -0.4 is 0 Å². The van der Waals surface area contributed by atoms with Crippen molar-refractivity contribution < 1.29 is 60.5 Å². The number of fused-ring (bicyclic) bond motifs is 3. The van der Waals surface area contributed by atoms with Crippen molar-refractivity contribution in [1.82, 2.24) is 0 Å². The van der Waals surface area contributed by atoms with Crippen LogP contribution in [0.15, 0.2) is 36.4 Å². The summed E-state index contributed by atoms with van der Waals surface area (Å²) in [5, 5.41) is 100. The highest BCUT2D eigenvalue weighted by Crippen LogP contribution is 2.53. The van der Waals surface area contributed by atoms with Gasteiger partial charge < -0.3 is 60.5 Å². The van der Waals surface area contributed by atoms with Gasteiger partial charge >= 0.3 is 0 Å². The molecule has 0 aromatic heterocycles. The molecule has 45 heavy (non-hydrogen) atoms. The monoisotopic (exact) mass is 626 g/mol. The lowest BCUT2D eigenvalue weighted by Gasteiger charge is -2.37. The maximum Gasteiger partial charge on any atom is 0.147 e. The van der Waals surface area contributed by atoms with Gasteiger partial charge in [-0.3, -0.25) is 0 Å². The Hall–Kier alpha value is -2.92. The molecule has 2 heterocycles. The third-order valence-electron chi connectivity index (χ3n) is 8.94. The van der Waals surface area contributed by atoms with Gasteiger partial charge in [0.1, 0.15) is 61.0 Å². The van der Waals surface area contributed by atoms with Crippen LogP contribution in [-0.2, 0) is 14.9 Å². The third-order valence-corrected chi connectivity index (χ3v) is 8.94. The summed E-state index contributed by atoms with van der Waals surface area (Å²) < 4.78 is 11.0. The highest BCUT2D eigenvalue weighted by molar-refractivity contribution is 5.82. The normalized spacial score (nSPS) is 33.3. The Labute approximate surface area is 259 Å². The van der Waals surface area contributed by atoms with Gasteiger partial charge in [-0.05, 0) is 59.4 Å². The molecule has 12 heteroatoms. The van der Waals surface area contributed by atoms with E-state index < -0.39 is 79.7 Å². The molecule has 2 aromatic rings. The first-order valence-corrected chi connectivity index (χ1v) is 14.8. The molecule has 5 rings (SSSR count). The molecule has 10 N–H and O–H groups in total. The van der Waals surface area contributed by atoms with E-state index in [2.05, 4.69) is 23.7 Å².